The van der Waals surface area contributed by atoms with Crippen molar-refractivity contribution in [3.63, 3.8) is 0 Å². The Morgan fingerprint density at radius 2 is 2.00 bits per heavy atom. The van der Waals surface area contributed by atoms with Gasteiger partial charge >= 0.3 is 0 Å². The molecule has 1 unspecified atom stereocenters. The van der Waals surface area contributed by atoms with Gasteiger partial charge in [0.1, 0.15) is 11.3 Å². The summed E-state index contributed by atoms with van der Waals surface area (Å²) in [6.45, 7) is 4.30. The van der Waals surface area contributed by atoms with Crippen LogP contribution < -0.4 is 5.32 Å². The number of aromatic nitrogens is 3. The standard InChI is InChI=1S/C15H16N4S/c1-10(9-12-4-3-11(2)20-12)18-14-6-5-13-15(19-14)17-8-7-16-13/h3-8,10H,9H2,1-2H3,(H,17,18,19). The highest BCUT2D eigenvalue weighted by Gasteiger charge is 2.07. The van der Waals surface area contributed by atoms with Crippen molar-refractivity contribution in [1.29, 1.82) is 0 Å². The van der Waals surface area contributed by atoms with Crippen molar-refractivity contribution in [3.8, 4) is 0 Å². The number of rotatable bonds is 4. The molecule has 1 atom stereocenters. The van der Waals surface area contributed by atoms with Crippen LogP contribution in [0.5, 0.6) is 0 Å². The fourth-order valence-electron chi connectivity index (χ4n) is 2.13. The second-order valence-corrected chi connectivity index (χ2v) is 6.23. The Morgan fingerprint density at radius 3 is 2.80 bits per heavy atom. The molecule has 0 bridgehead atoms. The molecule has 0 aliphatic rings. The van der Waals surface area contributed by atoms with Gasteiger partial charge in [0.25, 0.3) is 0 Å². The number of anilines is 1. The van der Waals surface area contributed by atoms with Crippen molar-refractivity contribution >= 4 is 28.3 Å². The maximum absolute atomic E-state index is 4.48. The Labute approximate surface area is 121 Å². The Bertz CT molecular complexity index is 722. The monoisotopic (exact) mass is 284 g/mol. The highest BCUT2D eigenvalue weighted by Crippen LogP contribution is 2.18. The first-order valence-electron chi connectivity index (χ1n) is 6.60. The van der Waals surface area contributed by atoms with Crippen LogP contribution in [0.15, 0.2) is 36.7 Å². The molecular weight excluding hydrogens is 268 g/mol. The third kappa shape index (κ3) is 2.93. The summed E-state index contributed by atoms with van der Waals surface area (Å²) in [5.74, 6) is 0.846. The first-order valence-corrected chi connectivity index (χ1v) is 7.42. The van der Waals surface area contributed by atoms with Crippen molar-refractivity contribution in [2.24, 2.45) is 0 Å². The lowest BCUT2D eigenvalue weighted by atomic mass is 10.2. The number of nitrogens with one attached hydrogen (secondary N) is 1. The van der Waals surface area contributed by atoms with E-state index >= 15 is 0 Å². The number of hydrogen-bond donors (Lipinski definition) is 1. The van der Waals surface area contributed by atoms with Crippen LogP contribution >= 0.6 is 11.3 Å². The molecule has 3 heterocycles. The number of thiophene rings is 1. The molecule has 3 aromatic rings. The summed E-state index contributed by atoms with van der Waals surface area (Å²) in [6, 6.07) is 8.58. The SMILES string of the molecule is Cc1ccc(CC(C)Nc2ccc3nccnc3n2)s1. The van der Waals surface area contributed by atoms with E-state index in [9.17, 15) is 0 Å². The summed E-state index contributed by atoms with van der Waals surface area (Å²) >= 11 is 1.85. The molecule has 0 spiro atoms. The quantitative estimate of drug-likeness (QED) is 0.797. The largest absolute Gasteiger partial charge is 0.367 e. The second kappa shape index (κ2) is 5.54. The van der Waals surface area contributed by atoms with Gasteiger partial charge in [-0.1, -0.05) is 0 Å². The molecule has 0 fully saturated rings. The zero-order valence-electron chi connectivity index (χ0n) is 11.5. The molecule has 0 aromatic carbocycles. The number of aryl methyl sites for hydroxylation is 1. The molecule has 0 saturated heterocycles. The fourth-order valence-corrected chi connectivity index (χ4v) is 3.15. The first-order chi connectivity index (χ1) is 9.70. The molecule has 0 amide bonds. The van der Waals surface area contributed by atoms with Crippen molar-refractivity contribution in [3.05, 3.63) is 46.4 Å². The van der Waals surface area contributed by atoms with Crippen LogP contribution in [-0.4, -0.2) is 21.0 Å². The number of nitrogens with zero attached hydrogens (tertiary/aromatic N) is 3. The van der Waals surface area contributed by atoms with Crippen LogP contribution in [0.25, 0.3) is 11.2 Å². The lowest BCUT2D eigenvalue weighted by Gasteiger charge is -2.13. The molecule has 4 nitrogen and oxygen atoms in total. The molecule has 102 valence electrons. The molecule has 1 N–H and O–H groups in total. The van der Waals surface area contributed by atoms with Gasteiger partial charge in [-0.15, -0.1) is 11.3 Å². The molecule has 0 radical (unpaired) electrons. The van der Waals surface area contributed by atoms with E-state index in [1.807, 2.05) is 23.5 Å². The van der Waals surface area contributed by atoms with E-state index in [0.29, 0.717) is 11.7 Å². The molecular formula is C15H16N4S. The van der Waals surface area contributed by atoms with Crippen LogP contribution in [-0.2, 0) is 6.42 Å². The maximum Gasteiger partial charge on any atom is 0.180 e. The van der Waals surface area contributed by atoms with Crippen molar-refractivity contribution < 1.29 is 0 Å². The van der Waals surface area contributed by atoms with Gasteiger partial charge < -0.3 is 5.32 Å². The third-order valence-corrected chi connectivity index (χ3v) is 4.05. The summed E-state index contributed by atoms with van der Waals surface area (Å²) < 4.78 is 0. The molecule has 3 aromatic heterocycles. The summed E-state index contributed by atoms with van der Waals surface area (Å²) in [4.78, 5) is 15.7. The maximum atomic E-state index is 4.48. The van der Waals surface area contributed by atoms with Gasteiger partial charge in [-0.05, 0) is 38.1 Å². The fraction of sp³-hybridized carbons (Fsp3) is 0.267. The van der Waals surface area contributed by atoms with Gasteiger partial charge in [0.05, 0.1) is 0 Å². The van der Waals surface area contributed by atoms with E-state index < -0.39 is 0 Å². The average molecular weight is 284 g/mol. The van der Waals surface area contributed by atoms with Gasteiger partial charge in [-0.2, -0.15) is 0 Å². The van der Waals surface area contributed by atoms with E-state index in [1.165, 1.54) is 9.75 Å². The van der Waals surface area contributed by atoms with Gasteiger partial charge in [0.2, 0.25) is 0 Å². The molecule has 0 aliphatic carbocycles. The topological polar surface area (TPSA) is 50.7 Å². The van der Waals surface area contributed by atoms with Gasteiger partial charge in [-0.25, -0.2) is 9.97 Å². The lowest BCUT2D eigenvalue weighted by Crippen LogP contribution is -2.18. The van der Waals surface area contributed by atoms with E-state index in [1.54, 1.807) is 12.4 Å². The van der Waals surface area contributed by atoms with Crippen molar-refractivity contribution in [1.82, 2.24) is 15.0 Å². The molecule has 5 heteroatoms. The zero-order chi connectivity index (χ0) is 13.9. The van der Waals surface area contributed by atoms with Crippen molar-refractivity contribution in [2.45, 2.75) is 26.3 Å². The predicted molar refractivity (Wildman–Crippen MR) is 83.2 cm³/mol. The smallest absolute Gasteiger partial charge is 0.180 e. The molecule has 3 rings (SSSR count). The van der Waals surface area contributed by atoms with Crippen LogP contribution in [0.3, 0.4) is 0 Å². The Balaban J connectivity index is 1.72. The zero-order valence-corrected chi connectivity index (χ0v) is 12.3. The van der Waals surface area contributed by atoms with Crippen LogP contribution in [0, 0.1) is 6.92 Å². The van der Waals surface area contributed by atoms with E-state index in [4.69, 9.17) is 0 Å². The lowest BCUT2D eigenvalue weighted by molar-refractivity contribution is 0.795. The minimum absolute atomic E-state index is 0.328. The van der Waals surface area contributed by atoms with E-state index in [2.05, 4.69) is 46.2 Å². The normalized spacial score (nSPS) is 12.5. The number of pyridine rings is 1. The number of fused-ring (bicyclic) bond motifs is 1. The summed E-state index contributed by atoms with van der Waals surface area (Å²) in [6.07, 6.45) is 4.34. The van der Waals surface area contributed by atoms with Crippen molar-refractivity contribution in [2.75, 3.05) is 5.32 Å². The van der Waals surface area contributed by atoms with E-state index in [-0.39, 0.29) is 0 Å². The van der Waals surface area contributed by atoms with Crippen LogP contribution in [0.4, 0.5) is 5.82 Å². The van der Waals surface area contributed by atoms with E-state index in [0.717, 1.165) is 17.8 Å². The highest BCUT2D eigenvalue weighted by atomic mass is 32.1. The second-order valence-electron chi connectivity index (χ2n) is 4.86. The predicted octanol–water partition coefficient (Wildman–Crippen LogP) is 3.44. The van der Waals surface area contributed by atoms with Gasteiger partial charge in [0.15, 0.2) is 5.65 Å². The number of hydrogen-bond acceptors (Lipinski definition) is 5. The molecule has 0 aliphatic heterocycles. The summed E-state index contributed by atoms with van der Waals surface area (Å²) in [5, 5.41) is 3.42. The Kier molecular flexibility index (Phi) is 3.60. The minimum Gasteiger partial charge on any atom is -0.367 e. The first kappa shape index (κ1) is 13.0. The van der Waals surface area contributed by atoms with Gasteiger partial charge in [0, 0.05) is 34.6 Å². The van der Waals surface area contributed by atoms with Crippen LogP contribution in [0.1, 0.15) is 16.7 Å². The third-order valence-electron chi connectivity index (χ3n) is 3.03. The average Bonchev–Trinajstić information content (AvgIpc) is 2.83. The highest BCUT2D eigenvalue weighted by molar-refractivity contribution is 7.11. The summed E-state index contributed by atoms with van der Waals surface area (Å²) in [5.41, 5.74) is 1.50. The minimum atomic E-state index is 0.328. The molecule has 20 heavy (non-hydrogen) atoms. The Hall–Kier alpha value is -2.01. The van der Waals surface area contributed by atoms with Crippen LogP contribution in [0.2, 0.25) is 0 Å². The summed E-state index contributed by atoms with van der Waals surface area (Å²) in [7, 11) is 0. The molecule has 0 saturated carbocycles. The van der Waals surface area contributed by atoms with Gasteiger partial charge in [-0.3, -0.25) is 4.98 Å². The Morgan fingerprint density at radius 1 is 1.15 bits per heavy atom.